The predicted molar refractivity (Wildman–Crippen MR) is 92.5 cm³/mol. The molecule has 2 amide bonds. The van der Waals surface area contributed by atoms with E-state index in [4.69, 9.17) is 5.73 Å². The summed E-state index contributed by atoms with van der Waals surface area (Å²) in [6.45, 7) is 4.17. The zero-order valence-electron chi connectivity index (χ0n) is 13.7. The van der Waals surface area contributed by atoms with Gasteiger partial charge in [-0.2, -0.15) is 0 Å². The first-order valence-electron chi connectivity index (χ1n) is 7.97. The van der Waals surface area contributed by atoms with Crippen LogP contribution in [0.3, 0.4) is 0 Å². The van der Waals surface area contributed by atoms with Crippen molar-refractivity contribution in [3.05, 3.63) is 30.1 Å². The van der Waals surface area contributed by atoms with Crippen LogP contribution in [0.5, 0.6) is 0 Å². The highest BCUT2D eigenvalue weighted by Crippen LogP contribution is 2.32. The topological polar surface area (TPSA) is 66.6 Å². The minimum absolute atomic E-state index is 0. The van der Waals surface area contributed by atoms with Crippen LogP contribution in [0.25, 0.3) is 0 Å². The second kappa shape index (κ2) is 7.07. The van der Waals surface area contributed by atoms with Gasteiger partial charge in [-0.05, 0) is 30.5 Å². The Bertz CT molecular complexity index is 642. The zero-order chi connectivity index (χ0) is 16.6. The van der Waals surface area contributed by atoms with Gasteiger partial charge in [0.2, 0.25) is 11.8 Å². The van der Waals surface area contributed by atoms with Crippen LogP contribution in [-0.2, 0) is 9.59 Å². The third-order valence-electron chi connectivity index (χ3n) is 4.98. The van der Waals surface area contributed by atoms with Crippen molar-refractivity contribution in [1.82, 2.24) is 4.90 Å². The molecule has 5 nitrogen and oxygen atoms in total. The Morgan fingerprint density at radius 3 is 2.75 bits per heavy atom. The zero-order valence-corrected chi connectivity index (χ0v) is 14.5. The summed E-state index contributed by atoms with van der Waals surface area (Å²) in [7, 11) is 0. The molecule has 0 radical (unpaired) electrons. The molecular weight excluding hydrogens is 333 g/mol. The van der Waals surface area contributed by atoms with E-state index in [0.29, 0.717) is 19.6 Å². The number of carbonyl (C=O) groups excluding carboxylic acids is 2. The number of nitrogens with zero attached hydrogens (tertiary/aromatic N) is 2. The fraction of sp³-hybridized carbons (Fsp3) is 0.529. The summed E-state index contributed by atoms with van der Waals surface area (Å²) in [5.41, 5.74) is 5.99. The lowest BCUT2D eigenvalue weighted by Gasteiger charge is -2.24. The van der Waals surface area contributed by atoms with Crippen molar-refractivity contribution >= 4 is 29.9 Å². The van der Waals surface area contributed by atoms with Gasteiger partial charge in [-0.3, -0.25) is 9.59 Å². The Morgan fingerprint density at radius 2 is 2.12 bits per heavy atom. The normalized spacial score (nSPS) is 26.6. The first-order chi connectivity index (χ1) is 10.9. The largest absolute Gasteiger partial charge is 0.342 e. The average molecular weight is 356 g/mol. The molecule has 0 aromatic heterocycles. The van der Waals surface area contributed by atoms with Crippen molar-refractivity contribution in [3.8, 4) is 0 Å². The number of amides is 2. The van der Waals surface area contributed by atoms with Gasteiger partial charge in [0, 0.05) is 26.1 Å². The molecule has 2 aliphatic heterocycles. The van der Waals surface area contributed by atoms with Crippen LogP contribution in [0, 0.1) is 17.2 Å². The van der Waals surface area contributed by atoms with Crippen LogP contribution in [0.1, 0.15) is 19.8 Å². The first kappa shape index (κ1) is 18.7. The monoisotopic (exact) mass is 355 g/mol. The van der Waals surface area contributed by atoms with E-state index in [2.05, 4.69) is 6.92 Å². The number of para-hydroxylation sites is 1. The fourth-order valence-electron chi connectivity index (χ4n) is 3.41. The fourth-order valence-corrected chi connectivity index (χ4v) is 3.41. The first-order valence-corrected chi connectivity index (χ1v) is 7.97. The molecule has 0 bridgehead atoms. The van der Waals surface area contributed by atoms with Gasteiger partial charge in [0.1, 0.15) is 5.82 Å². The van der Waals surface area contributed by atoms with Crippen molar-refractivity contribution < 1.29 is 14.0 Å². The number of carbonyl (C=O) groups is 2. The molecular formula is C17H23ClFN3O2. The van der Waals surface area contributed by atoms with Gasteiger partial charge in [0.15, 0.2) is 0 Å². The predicted octanol–water partition coefficient (Wildman–Crippen LogP) is 1.80. The Kier molecular flexibility index (Phi) is 5.50. The molecule has 2 fully saturated rings. The van der Waals surface area contributed by atoms with Gasteiger partial charge in [0.25, 0.3) is 0 Å². The van der Waals surface area contributed by atoms with Crippen LogP contribution < -0.4 is 10.6 Å². The molecule has 2 N–H and O–H groups in total. The van der Waals surface area contributed by atoms with E-state index >= 15 is 0 Å². The lowest BCUT2D eigenvalue weighted by Crippen LogP contribution is -2.38. The number of halogens is 2. The van der Waals surface area contributed by atoms with Gasteiger partial charge in [-0.1, -0.05) is 19.1 Å². The van der Waals surface area contributed by atoms with Gasteiger partial charge < -0.3 is 15.5 Å². The van der Waals surface area contributed by atoms with Gasteiger partial charge in [-0.15, -0.1) is 12.4 Å². The number of hydrogen-bond acceptors (Lipinski definition) is 3. The maximum Gasteiger partial charge on any atom is 0.228 e. The number of rotatable bonds is 3. The maximum absolute atomic E-state index is 13.9. The van der Waals surface area contributed by atoms with Crippen LogP contribution in [-0.4, -0.2) is 42.9 Å². The molecule has 2 unspecified atom stereocenters. The van der Waals surface area contributed by atoms with E-state index in [-0.39, 0.29) is 48.3 Å². The molecule has 3 rings (SSSR count). The molecule has 2 atom stereocenters. The van der Waals surface area contributed by atoms with Gasteiger partial charge in [-0.25, -0.2) is 4.39 Å². The summed E-state index contributed by atoms with van der Waals surface area (Å²) >= 11 is 0. The van der Waals surface area contributed by atoms with Crippen molar-refractivity contribution in [3.63, 3.8) is 0 Å². The van der Waals surface area contributed by atoms with Crippen LogP contribution in [0.15, 0.2) is 24.3 Å². The van der Waals surface area contributed by atoms with E-state index < -0.39 is 11.7 Å². The number of anilines is 1. The SMILES string of the molecule is CC1(CN)CCN(C(=O)C2CC(=O)N(c3ccccc3F)C2)C1.Cl. The number of likely N-dealkylation sites (tertiary alicyclic amines) is 1. The lowest BCUT2D eigenvalue weighted by atomic mass is 9.90. The summed E-state index contributed by atoms with van der Waals surface area (Å²) in [5.74, 6) is -1.06. The van der Waals surface area contributed by atoms with Crippen LogP contribution in [0.4, 0.5) is 10.1 Å². The quantitative estimate of drug-likeness (QED) is 0.899. The third kappa shape index (κ3) is 3.39. The highest BCUT2D eigenvalue weighted by Gasteiger charge is 2.42. The Hall–Kier alpha value is -1.66. The van der Waals surface area contributed by atoms with Crippen molar-refractivity contribution in [2.45, 2.75) is 19.8 Å². The molecule has 1 aromatic rings. The average Bonchev–Trinajstić information content (AvgIpc) is 3.12. The highest BCUT2D eigenvalue weighted by molar-refractivity contribution is 6.00. The van der Waals surface area contributed by atoms with Crippen molar-refractivity contribution in [2.75, 3.05) is 31.1 Å². The molecule has 0 spiro atoms. The molecule has 24 heavy (non-hydrogen) atoms. The molecule has 0 saturated carbocycles. The van der Waals surface area contributed by atoms with Crippen LogP contribution in [0.2, 0.25) is 0 Å². The summed E-state index contributed by atoms with van der Waals surface area (Å²) < 4.78 is 13.9. The minimum Gasteiger partial charge on any atom is -0.342 e. The Labute approximate surface area is 147 Å². The minimum atomic E-state index is -0.439. The molecule has 2 heterocycles. The van der Waals surface area contributed by atoms with Crippen LogP contribution >= 0.6 is 12.4 Å². The van der Waals surface area contributed by atoms with Crippen molar-refractivity contribution in [1.29, 1.82) is 0 Å². The van der Waals surface area contributed by atoms with E-state index in [1.807, 2.05) is 0 Å². The number of hydrogen-bond donors (Lipinski definition) is 1. The third-order valence-corrected chi connectivity index (χ3v) is 4.98. The summed E-state index contributed by atoms with van der Waals surface area (Å²) in [6.07, 6.45) is 1.02. The summed E-state index contributed by atoms with van der Waals surface area (Å²) in [4.78, 5) is 28.1. The highest BCUT2D eigenvalue weighted by atomic mass is 35.5. The molecule has 7 heteroatoms. The van der Waals surface area contributed by atoms with Gasteiger partial charge >= 0.3 is 0 Å². The molecule has 1 aromatic carbocycles. The standard InChI is InChI=1S/C17H22FN3O2.ClH/c1-17(10-19)6-7-20(11-17)16(23)12-8-15(22)21(9-12)14-5-3-2-4-13(14)18;/h2-5,12H,6-11,19H2,1H3;1H. The Balaban J connectivity index is 0.00000208. The smallest absolute Gasteiger partial charge is 0.228 e. The molecule has 2 aliphatic rings. The second-order valence-electron chi connectivity index (χ2n) is 6.88. The van der Waals surface area contributed by atoms with E-state index in [0.717, 1.165) is 6.42 Å². The lowest BCUT2D eigenvalue weighted by molar-refractivity contribution is -0.135. The van der Waals surface area contributed by atoms with E-state index in [9.17, 15) is 14.0 Å². The molecule has 0 aliphatic carbocycles. The number of benzene rings is 1. The molecule has 132 valence electrons. The maximum atomic E-state index is 13.9. The van der Waals surface area contributed by atoms with Gasteiger partial charge in [0.05, 0.1) is 11.6 Å². The summed E-state index contributed by atoms with van der Waals surface area (Å²) in [5, 5.41) is 0. The summed E-state index contributed by atoms with van der Waals surface area (Å²) in [6, 6.07) is 6.17. The Morgan fingerprint density at radius 1 is 1.42 bits per heavy atom. The van der Waals surface area contributed by atoms with E-state index in [1.54, 1.807) is 23.1 Å². The second-order valence-corrected chi connectivity index (χ2v) is 6.88. The number of nitrogens with two attached hydrogens (primary N) is 1. The van der Waals surface area contributed by atoms with E-state index in [1.165, 1.54) is 11.0 Å². The van der Waals surface area contributed by atoms with Crippen molar-refractivity contribution in [2.24, 2.45) is 17.1 Å². The molecule has 2 saturated heterocycles.